The summed E-state index contributed by atoms with van der Waals surface area (Å²) >= 11 is 0. The van der Waals surface area contributed by atoms with Crippen LogP contribution in [0.3, 0.4) is 0 Å². The molecule has 1 aliphatic heterocycles. The van der Waals surface area contributed by atoms with Crippen LogP contribution in [0.4, 0.5) is 23.3 Å². The van der Waals surface area contributed by atoms with Crippen LogP contribution in [0.2, 0.25) is 0 Å². The Hall–Kier alpha value is -4.34. The third kappa shape index (κ3) is 5.91. The van der Waals surface area contributed by atoms with Crippen LogP contribution >= 0.6 is 0 Å². The molecule has 0 radical (unpaired) electrons. The van der Waals surface area contributed by atoms with Gasteiger partial charge in [-0.05, 0) is 44.2 Å². The number of carbonyl (C=O) groups excluding carboxylic acids is 1. The predicted octanol–water partition coefficient (Wildman–Crippen LogP) is 2.80. The van der Waals surface area contributed by atoms with E-state index in [-0.39, 0.29) is 5.91 Å². The summed E-state index contributed by atoms with van der Waals surface area (Å²) in [7, 11) is 0. The number of nitrogens with zero attached hydrogens (tertiary/aromatic N) is 7. The average Bonchev–Trinajstić information content (AvgIpc) is 2.85. The molecule has 4 heterocycles. The summed E-state index contributed by atoms with van der Waals surface area (Å²) in [6, 6.07) is 9.28. The predicted molar refractivity (Wildman–Crippen MR) is 134 cm³/mol. The Labute approximate surface area is 198 Å². The molecule has 3 aromatic rings. The highest BCUT2D eigenvalue weighted by Crippen LogP contribution is 2.17. The largest absolute Gasteiger partial charge is 0.402 e. The Morgan fingerprint density at radius 3 is 2.32 bits per heavy atom. The maximum atomic E-state index is 12.6. The molecule has 10 heteroatoms. The zero-order valence-electron chi connectivity index (χ0n) is 19.2. The number of allylic oxidation sites excluding steroid dienone is 2. The number of piperazine rings is 1. The first kappa shape index (κ1) is 22.8. The minimum atomic E-state index is -0.294. The number of nitrogens with two attached hydrogens (primary N) is 1. The molecular formula is C24H27N9O. The van der Waals surface area contributed by atoms with E-state index in [0.717, 1.165) is 37.7 Å². The zero-order valence-corrected chi connectivity index (χ0v) is 19.2. The van der Waals surface area contributed by atoms with Crippen molar-refractivity contribution in [1.29, 1.82) is 0 Å². The molecule has 3 N–H and O–H groups in total. The van der Waals surface area contributed by atoms with Gasteiger partial charge in [0.15, 0.2) is 5.82 Å². The number of hydrogen-bond donors (Lipinski definition) is 2. The van der Waals surface area contributed by atoms with Gasteiger partial charge in [-0.2, -0.15) is 0 Å². The van der Waals surface area contributed by atoms with Gasteiger partial charge in [-0.15, -0.1) is 0 Å². The molecule has 1 saturated heterocycles. The molecule has 10 nitrogen and oxygen atoms in total. The number of pyridine rings is 2. The third-order valence-corrected chi connectivity index (χ3v) is 5.17. The Kier molecular flexibility index (Phi) is 7.07. The lowest BCUT2D eigenvalue weighted by Gasteiger charge is -2.35. The van der Waals surface area contributed by atoms with Crippen LogP contribution in [0.25, 0.3) is 0 Å². The van der Waals surface area contributed by atoms with Crippen LogP contribution < -0.4 is 20.9 Å². The number of nitrogens with one attached hydrogen (secondary N) is 1. The van der Waals surface area contributed by atoms with Crippen molar-refractivity contribution in [3.63, 3.8) is 0 Å². The van der Waals surface area contributed by atoms with Gasteiger partial charge in [0.1, 0.15) is 5.82 Å². The van der Waals surface area contributed by atoms with E-state index in [0.29, 0.717) is 28.7 Å². The van der Waals surface area contributed by atoms with Crippen LogP contribution in [0, 0.1) is 0 Å². The topological polar surface area (TPSA) is 126 Å². The molecule has 174 valence electrons. The second kappa shape index (κ2) is 10.5. The number of rotatable bonds is 6. The van der Waals surface area contributed by atoms with E-state index in [9.17, 15) is 4.79 Å². The first-order chi connectivity index (χ1) is 16.5. The van der Waals surface area contributed by atoms with Crippen molar-refractivity contribution in [2.45, 2.75) is 13.8 Å². The van der Waals surface area contributed by atoms with Gasteiger partial charge in [0, 0.05) is 50.0 Å². The maximum absolute atomic E-state index is 12.6. The lowest BCUT2D eigenvalue weighted by Crippen LogP contribution is -2.47. The molecule has 0 atom stereocenters. The van der Waals surface area contributed by atoms with E-state index < -0.39 is 0 Å². The summed E-state index contributed by atoms with van der Waals surface area (Å²) in [5.74, 6) is 1.83. The number of aromatic nitrogens is 4. The van der Waals surface area contributed by atoms with Gasteiger partial charge in [0.25, 0.3) is 5.91 Å². The van der Waals surface area contributed by atoms with Crippen molar-refractivity contribution in [2.75, 3.05) is 41.3 Å². The van der Waals surface area contributed by atoms with E-state index in [4.69, 9.17) is 5.73 Å². The van der Waals surface area contributed by atoms with Gasteiger partial charge >= 0.3 is 0 Å². The van der Waals surface area contributed by atoms with E-state index in [1.54, 1.807) is 43.7 Å². The second-order valence-corrected chi connectivity index (χ2v) is 7.93. The normalized spacial score (nSPS) is 14.8. The monoisotopic (exact) mass is 457 g/mol. The van der Waals surface area contributed by atoms with Crippen molar-refractivity contribution >= 4 is 34.9 Å². The summed E-state index contributed by atoms with van der Waals surface area (Å²) < 4.78 is 0. The van der Waals surface area contributed by atoms with Crippen LogP contribution in [0.1, 0.15) is 24.2 Å². The number of carbonyl (C=O) groups is 1. The van der Waals surface area contributed by atoms with Crippen molar-refractivity contribution in [3.8, 4) is 0 Å². The summed E-state index contributed by atoms with van der Waals surface area (Å²) in [5, 5.41) is 2.80. The van der Waals surface area contributed by atoms with Gasteiger partial charge in [0.05, 0.1) is 23.6 Å². The Morgan fingerprint density at radius 2 is 1.71 bits per heavy atom. The fourth-order valence-electron chi connectivity index (χ4n) is 3.56. The highest BCUT2D eigenvalue weighted by Gasteiger charge is 2.20. The molecule has 0 bridgehead atoms. The van der Waals surface area contributed by atoms with E-state index in [1.807, 2.05) is 25.1 Å². The van der Waals surface area contributed by atoms with Crippen LogP contribution in [-0.2, 0) is 0 Å². The van der Waals surface area contributed by atoms with Crippen molar-refractivity contribution < 1.29 is 4.79 Å². The standard InChI is InChI=1S/C24H27N9O/c1-17(25)13-18(2)30-21-7-6-19(14-27-21)23(34)31-20-15-28-24(29-16-20)33-11-9-32(10-12-33)22-5-3-4-8-26-22/h3-8,13-16H,9-12,25H2,1-2H3,(H,31,34)/b17-13-,30-18?. The number of aliphatic imine (C=N–C) groups is 1. The molecule has 0 aromatic carbocycles. The van der Waals surface area contributed by atoms with Crippen LogP contribution in [0.15, 0.2) is 71.9 Å². The lowest BCUT2D eigenvalue weighted by atomic mass is 10.2. The lowest BCUT2D eigenvalue weighted by molar-refractivity contribution is 0.102. The molecule has 1 amide bonds. The van der Waals surface area contributed by atoms with Crippen molar-refractivity contribution in [3.05, 3.63) is 72.5 Å². The molecule has 1 fully saturated rings. The molecule has 0 aliphatic carbocycles. The highest BCUT2D eigenvalue weighted by molar-refractivity contribution is 6.04. The summed E-state index contributed by atoms with van der Waals surface area (Å²) in [6.45, 7) is 6.90. The molecule has 3 aromatic heterocycles. The molecule has 4 rings (SSSR count). The minimum Gasteiger partial charge on any atom is -0.402 e. The van der Waals surface area contributed by atoms with Crippen molar-refractivity contribution in [1.82, 2.24) is 19.9 Å². The van der Waals surface area contributed by atoms with E-state index in [2.05, 4.69) is 40.0 Å². The number of anilines is 3. The molecule has 0 spiro atoms. The van der Waals surface area contributed by atoms with Crippen molar-refractivity contribution in [2.24, 2.45) is 10.7 Å². The van der Waals surface area contributed by atoms with Gasteiger partial charge in [-0.1, -0.05) is 6.07 Å². The maximum Gasteiger partial charge on any atom is 0.257 e. The fourth-order valence-corrected chi connectivity index (χ4v) is 3.56. The van der Waals surface area contributed by atoms with Crippen LogP contribution in [-0.4, -0.2) is 57.7 Å². The first-order valence-corrected chi connectivity index (χ1v) is 11.0. The molecule has 0 unspecified atom stereocenters. The SMILES string of the molecule is CC(/C=C(/C)N)=Nc1ccc(C(=O)Nc2cnc(N3CCN(c4ccccn4)CC3)nc2)cn1. The second-order valence-electron chi connectivity index (χ2n) is 7.93. The average molecular weight is 458 g/mol. The van der Waals surface area contributed by atoms with E-state index >= 15 is 0 Å². The third-order valence-electron chi connectivity index (χ3n) is 5.17. The Morgan fingerprint density at radius 1 is 0.971 bits per heavy atom. The number of amides is 1. The smallest absolute Gasteiger partial charge is 0.257 e. The van der Waals surface area contributed by atoms with Gasteiger partial charge < -0.3 is 20.9 Å². The molecule has 34 heavy (non-hydrogen) atoms. The van der Waals surface area contributed by atoms with Gasteiger partial charge in [-0.3, -0.25) is 4.79 Å². The van der Waals surface area contributed by atoms with Gasteiger partial charge in [-0.25, -0.2) is 24.9 Å². The minimum absolute atomic E-state index is 0.294. The Bertz CT molecular complexity index is 1160. The fraction of sp³-hybridized carbons (Fsp3) is 0.250. The van der Waals surface area contributed by atoms with Crippen LogP contribution in [0.5, 0.6) is 0 Å². The molecular weight excluding hydrogens is 430 g/mol. The summed E-state index contributed by atoms with van der Waals surface area (Å²) in [5.41, 5.74) is 7.98. The van der Waals surface area contributed by atoms with E-state index in [1.165, 1.54) is 6.20 Å². The summed E-state index contributed by atoms with van der Waals surface area (Å²) in [4.78, 5) is 38.8. The number of hydrogen-bond acceptors (Lipinski definition) is 9. The first-order valence-electron chi connectivity index (χ1n) is 11.0. The van der Waals surface area contributed by atoms with Gasteiger partial charge in [0.2, 0.25) is 5.95 Å². The quantitative estimate of drug-likeness (QED) is 0.541. The molecule has 0 saturated carbocycles. The zero-order chi connectivity index (χ0) is 23.9. The summed E-state index contributed by atoms with van der Waals surface area (Å²) in [6.07, 6.45) is 8.27. The highest BCUT2D eigenvalue weighted by atomic mass is 16.1. The Balaban J connectivity index is 1.32. The molecule has 1 aliphatic rings.